The molecule has 22 heavy (non-hydrogen) atoms. The third kappa shape index (κ3) is 3.69. The number of para-hydroxylation sites is 1. The highest BCUT2D eigenvalue weighted by Crippen LogP contribution is 2.28. The van der Waals surface area contributed by atoms with Gasteiger partial charge in [-0.3, -0.25) is 4.79 Å². The van der Waals surface area contributed by atoms with E-state index in [-0.39, 0.29) is 5.91 Å². The van der Waals surface area contributed by atoms with E-state index in [0.29, 0.717) is 17.2 Å². The van der Waals surface area contributed by atoms with Gasteiger partial charge in [-0.05, 0) is 58.1 Å². The van der Waals surface area contributed by atoms with Crippen LogP contribution in [0.3, 0.4) is 0 Å². The second kappa shape index (κ2) is 7.45. The van der Waals surface area contributed by atoms with Crippen molar-refractivity contribution in [3.63, 3.8) is 0 Å². The summed E-state index contributed by atoms with van der Waals surface area (Å²) in [7, 11) is 1.59. The van der Waals surface area contributed by atoms with Gasteiger partial charge in [-0.1, -0.05) is 32.0 Å². The number of halogens is 1. The summed E-state index contributed by atoms with van der Waals surface area (Å²) in [6.45, 7) is 4.30. The summed E-state index contributed by atoms with van der Waals surface area (Å²) in [6, 6.07) is 13.3. The fourth-order valence-electron chi connectivity index (χ4n) is 2.26. The highest BCUT2D eigenvalue weighted by molar-refractivity contribution is 9.10. The van der Waals surface area contributed by atoms with Gasteiger partial charge in [0.1, 0.15) is 5.75 Å². The second-order valence-corrected chi connectivity index (χ2v) is 6.05. The maximum absolute atomic E-state index is 12.6. The van der Waals surface area contributed by atoms with Crippen LogP contribution in [-0.2, 0) is 0 Å². The van der Waals surface area contributed by atoms with E-state index < -0.39 is 0 Å². The molecule has 0 saturated heterocycles. The van der Waals surface area contributed by atoms with Crippen LogP contribution in [-0.4, -0.2) is 13.0 Å². The summed E-state index contributed by atoms with van der Waals surface area (Å²) >= 11 is 3.42. The van der Waals surface area contributed by atoms with E-state index in [1.165, 1.54) is 0 Å². The third-order valence-corrected chi connectivity index (χ3v) is 4.46. The zero-order chi connectivity index (χ0) is 16.1. The van der Waals surface area contributed by atoms with Crippen molar-refractivity contribution >= 4 is 27.5 Å². The first-order chi connectivity index (χ1) is 10.6. The van der Waals surface area contributed by atoms with Gasteiger partial charge < -0.3 is 10.1 Å². The summed E-state index contributed by atoms with van der Waals surface area (Å²) in [6.07, 6.45) is 1.02. The van der Waals surface area contributed by atoms with E-state index in [1.54, 1.807) is 13.2 Å². The largest absolute Gasteiger partial charge is 0.497 e. The Kier molecular flexibility index (Phi) is 5.61. The number of ether oxygens (including phenoxy) is 1. The topological polar surface area (TPSA) is 38.3 Å². The number of hydrogen-bond acceptors (Lipinski definition) is 2. The lowest BCUT2D eigenvalue weighted by Gasteiger charge is -2.16. The lowest BCUT2D eigenvalue weighted by molar-refractivity contribution is 0.102. The number of amides is 1. The van der Waals surface area contributed by atoms with Crippen molar-refractivity contribution in [1.82, 2.24) is 0 Å². The predicted molar refractivity (Wildman–Crippen MR) is 93.8 cm³/mol. The maximum atomic E-state index is 12.6. The highest BCUT2D eigenvalue weighted by atomic mass is 79.9. The zero-order valence-corrected chi connectivity index (χ0v) is 14.6. The van der Waals surface area contributed by atoms with Gasteiger partial charge in [0.25, 0.3) is 5.91 Å². The molecule has 2 aromatic rings. The van der Waals surface area contributed by atoms with Gasteiger partial charge in [0, 0.05) is 10.2 Å². The first-order valence-electron chi connectivity index (χ1n) is 7.30. The minimum Gasteiger partial charge on any atom is -0.497 e. The minimum absolute atomic E-state index is 0.151. The molecule has 0 fully saturated rings. The molecule has 4 heteroatoms. The van der Waals surface area contributed by atoms with Crippen molar-refractivity contribution in [2.45, 2.75) is 26.2 Å². The van der Waals surface area contributed by atoms with E-state index in [9.17, 15) is 4.79 Å². The molecule has 2 rings (SSSR count). The van der Waals surface area contributed by atoms with E-state index >= 15 is 0 Å². The summed E-state index contributed by atoms with van der Waals surface area (Å²) < 4.78 is 5.93. The van der Waals surface area contributed by atoms with Gasteiger partial charge in [0.2, 0.25) is 0 Å². The number of benzene rings is 2. The van der Waals surface area contributed by atoms with Crippen LogP contribution in [0.1, 0.15) is 42.1 Å². The summed E-state index contributed by atoms with van der Waals surface area (Å²) in [4.78, 5) is 12.6. The molecule has 0 aliphatic rings. The lowest BCUT2D eigenvalue weighted by Crippen LogP contribution is -2.14. The molecule has 1 N–H and O–H groups in total. The molecule has 0 radical (unpaired) electrons. The standard InChI is InChI=1S/C18H20BrNO2/c1-4-12(2)14-7-5-6-8-17(14)20-18(21)15-11-13(22-3)9-10-16(15)19/h5-12H,4H2,1-3H3,(H,20,21). The van der Waals surface area contributed by atoms with Crippen LogP contribution >= 0.6 is 15.9 Å². The monoisotopic (exact) mass is 361 g/mol. The van der Waals surface area contributed by atoms with Crippen molar-refractivity contribution in [3.8, 4) is 5.75 Å². The van der Waals surface area contributed by atoms with E-state index in [2.05, 4.69) is 41.2 Å². The number of hydrogen-bond donors (Lipinski definition) is 1. The van der Waals surface area contributed by atoms with Crippen LogP contribution in [0.2, 0.25) is 0 Å². The molecule has 0 saturated carbocycles. The van der Waals surface area contributed by atoms with Crippen molar-refractivity contribution in [1.29, 1.82) is 0 Å². The van der Waals surface area contributed by atoms with Crippen molar-refractivity contribution in [2.24, 2.45) is 0 Å². The molecule has 1 amide bonds. The Morgan fingerprint density at radius 3 is 2.68 bits per heavy atom. The zero-order valence-electron chi connectivity index (χ0n) is 13.0. The maximum Gasteiger partial charge on any atom is 0.256 e. The molecule has 3 nitrogen and oxygen atoms in total. The fraction of sp³-hybridized carbons (Fsp3) is 0.278. The number of methoxy groups -OCH3 is 1. The molecule has 1 atom stereocenters. The van der Waals surface area contributed by atoms with Gasteiger partial charge in [0.15, 0.2) is 0 Å². The van der Waals surface area contributed by atoms with Gasteiger partial charge in [-0.25, -0.2) is 0 Å². The fourth-order valence-corrected chi connectivity index (χ4v) is 2.68. The first kappa shape index (κ1) is 16.6. The van der Waals surface area contributed by atoms with E-state index in [1.807, 2.05) is 30.3 Å². The summed E-state index contributed by atoms with van der Waals surface area (Å²) in [5.41, 5.74) is 2.56. The van der Waals surface area contributed by atoms with Crippen LogP contribution < -0.4 is 10.1 Å². The second-order valence-electron chi connectivity index (χ2n) is 5.20. The predicted octanol–water partition coefficient (Wildman–Crippen LogP) is 5.22. The Labute approximate surface area is 139 Å². The van der Waals surface area contributed by atoms with E-state index in [4.69, 9.17) is 4.74 Å². The molecule has 0 aromatic heterocycles. The smallest absolute Gasteiger partial charge is 0.256 e. The quantitative estimate of drug-likeness (QED) is 0.792. The normalized spacial score (nSPS) is 11.8. The Hall–Kier alpha value is -1.81. The van der Waals surface area contributed by atoms with Crippen LogP contribution in [0.25, 0.3) is 0 Å². The van der Waals surface area contributed by atoms with E-state index in [0.717, 1.165) is 22.1 Å². The molecule has 2 aromatic carbocycles. The van der Waals surface area contributed by atoms with Crippen LogP contribution in [0, 0.1) is 0 Å². The molecule has 0 aliphatic heterocycles. The van der Waals surface area contributed by atoms with Crippen LogP contribution in [0.5, 0.6) is 5.75 Å². The van der Waals surface area contributed by atoms with Gasteiger partial charge in [-0.15, -0.1) is 0 Å². The average Bonchev–Trinajstić information content (AvgIpc) is 2.55. The van der Waals surface area contributed by atoms with Gasteiger partial charge in [-0.2, -0.15) is 0 Å². The Morgan fingerprint density at radius 2 is 2.00 bits per heavy atom. The number of nitrogens with one attached hydrogen (secondary N) is 1. The molecular weight excluding hydrogens is 342 g/mol. The van der Waals surface area contributed by atoms with Gasteiger partial charge in [0.05, 0.1) is 12.7 Å². The van der Waals surface area contributed by atoms with Crippen molar-refractivity contribution in [3.05, 3.63) is 58.1 Å². The number of carbonyl (C=O) groups excluding carboxylic acids is 1. The molecule has 0 spiro atoms. The number of rotatable bonds is 5. The van der Waals surface area contributed by atoms with Crippen molar-refractivity contribution < 1.29 is 9.53 Å². The molecular formula is C18H20BrNO2. The van der Waals surface area contributed by atoms with Crippen molar-refractivity contribution in [2.75, 3.05) is 12.4 Å². The molecule has 0 aliphatic carbocycles. The molecule has 0 heterocycles. The average molecular weight is 362 g/mol. The number of carbonyl (C=O) groups is 1. The SMILES string of the molecule is CCC(C)c1ccccc1NC(=O)c1cc(OC)ccc1Br. The Morgan fingerprint density at radius 1 is 1.27 bits per heavy atom. The summed E-state index contributed by atoms with van der Waals surface area (Å²) in [5, 5.41) is 3.01. The Balaban J connectivity index is 2.30. The first-order valence-corrected chi connectivity index (χ1v) is 8.10. The molecule has 1 unspecified atom stereocenters. The van der Waals surface area contributed by atoms with Crippen LogP contribution in [0.15, 0.2) is 46.9 Å². The minimum atomic E-state index is -0.151. The van der Waals surface area contributed by atoms with Crippen LogP contribution in [0.4, 0.5) is 5.69 Å². The lowest BCUT2D eigenvalue weighted by atomic mass is 9.97. The molecule has 0 bridgehead atoms. The van der Waals surface area contributed by atoms with Gasteiger partial charge >= 0.3 is 0 Å². The molecule has 116 valence electrons. The summed E-state index contributed by atoms with van der Waals surface area (Å²) in [5.74, 6) is 0.898. The highest BCUT2D eigenvalue weighted by Gasteiger charge is 2.15. The third-order valence-electron chi connectivity index (χ3n) is 3.77. The number of anilines is 1. The Bertz CT molecular complexity index is 670.